The SMILES string of the molecule is O=C([O-])c1coc(Cc2cc(Cl)ccc2OCc2ccccc2)n1.[Na+]. The molecule has 0 unspecified atom stereocenters. The Kier molecular flexibility index (Phi) is 7.08. The number of carbonyl (C=O) groups is 1. The van der Waals surface area contributed by atoms with Crippen LogP contribution in [0, 0.1) is 0 Å². The molecular weight excluding hydrogens is 353 g/mol. The number of aromatic carboxylic acids is 1. The average molecular weight is 366 g/mol. The second-order valence-corrected chi connectivity index (χ2v) is 5.55. The molecule has 0 aliphatic heterocycles. The van der Waals surface area contributed by atoms with E-state index in [1.807, 2.05) is 30.3 Å². The average Bonchev–Trinajstić information content (AvgIpc) is 3.04. The number of aromatic nitrogens is 1. The first kappa shape index (κ1) is 19.5. The van der Waals surface area contributed by atoms with Gasteiger partial charge in [0.05, 0.1) is 12.4 Å². The zero-order valence-corrected chi connectivity index (χ0v) is 16.3. The largest absolute Gasteiger partial charge is 1.00 e. The second kappa shape index (κ2) is 9.06. The molecule has 7 heteroatoms. The summed E-state index contributed by atoms with van der Waals surface area (Å²) in [6, 6.07) is 15.0. The number of carboxylic acids is 1. The van der Waals surface area contributed by atoms with Gasteiger partial charge in [0.1, 0.15) is 24.3 Å². The van der Waals surface area contributed by atoms with Crippen LogP contribution < -0.4 is 39.4 Å². The van der Waals surface area contributed by atoms with Crippen molar-refractivity contribution in [3.8, 4) is 5.75 Å². The van der Waals surface area contributed by atoms with Gasteiger partial charge in [-0.3, -0.25) is 0 Å². The standard InChI is InChI=1S/C18H14ClNO4.Na/c19-14-6-7-16(23-10-12-4-2-1-3-5-12)13(8-14)9-17-20-15(11-24-17)18(21)22;/h1-8,11H,9-10H2,(H,21,22);/q;+1/p-1. The fourth-order valence-corrected chi connectivity index (χ4v) is 2.41. The Bertz CT molecular complexity index is 851. The summed E-state index contributed by atoms with van der Waals surface area (Å²) in [5, 5.41) is 11.3. The summed E-state index contributed by atoms with van der Waals surface area (Å²) < 4.78 is 11.0. The third-order valence-corrected chi connectivity index (χ3v) is 3.60. The van der Waals surface area contributed by atoms with E-state index in [1.54, 1.807) is 18.2 Å². The van der Waals surface area contributed by atoms with Crippen molar-refractivity contribution >= 4 is 17.6 Å². The van der Waals surface area contributed by atoms with E-state index in [2.05, 4.69) is 4.98 Å². The number of benzene rings is 2. The molecule has 0 N–H and O–H groups in total. The van der Waals surface area contributed by atoms with Gasteiger partial charge in [0.2, 0.25) is 0 Å². The fraction of sp³-hybridized carbons (Fsp3) is 0.111. The Morgan fingerprint density at radius 3 is 2.64 bits per heavy atom. The molecule has 0 amide bonds. The third kappa shape index (κ3) is 5.34. The molecule has 0 aliphatic rings. The van der Waals surface area contributed by atoms with Gasteiger partial charge >= 0.3 is 29.6 Å². The summed E-state index contributed by atoms with van der Waals surface area (Å²) in [6.45, 7) is 0.408. The smallest absolute Gasteiger partial charge is 0.543 e. The number of carboxylic acid groups (broad SMARTS) is 1. The number of nitrogens with zero attached hydrogens (tertiary/aromatic N) is 1. The molecule has 122 valence electrons. The van der Waals surface area contributed by atoms with Crippen LogP contribution in [0.3, 0.4) is 0 Å². The number of hydrogen-bond donors (Lipinski definition) is 0. The first-order chi connectivity index (χ1) is 11.6. The zero-order valence-electron chi connectivity index (χ0n) is 13.6. The summed E-state index contributed by atoms with van der Waals surface area (Å²) in [7, 11) is 0. The van der Waals surface area contributed by atoms with E-state index >= 15 is 0 Å². The molecule has 1 heterocycles. The second-order valence-electron chi connectivity index (χ2n) is 5.12. The van der Waals surface area contributed by atoms with E-state index in [1.165, 1.54) is 0 Å². The summed E-state index contributed by atoms with van der Waals surface area (Å²) in [5.74, 6) is -0.492. The molecule has 0 radical (unpaired) electrons. The van der Waals surface area contributed by atoms with Gasteiger partial charge in [0, 0.05) is 10.6 Å². The maximum Gasteiger partial charge on any atom is 1.00 e. The van der Waals surface area contributed by atoms with Crippen molar-refractivity contribution < 1.29 is 48.6 Å². The van der Waals surface area contributed by atoms with Crippen LogP contribution in [0.15, 0.2) is 59.2 Å². The molecule has 2 aromatic carbocycles. The molecular formula is C18H13ClNNaO4. The van der Waals surface area contributed by atoms with E-state index in [9.17, 15) is 9.90 Å². The van der Waals surface area contributed by atoms with E-state index < -0.39 is 5.97 Å². The molecule has 0 aliphatic carbocycles. The molecule has 5 nitrogen and oxygen atoms in total. The maximum absolute atomic E-state index is 10.8. The maximum atomic E-state index is 10.8. The Hall–Kier alpha value is -1.79. The number of ether oxygens (including phenoxy) is 1. The number of oxazole rings is 1. The summed E-state index contributed by atoms with van der Waals surface area (Å²) in [5.41, 5.74) is 1.55. The van der Waals surface area contributed by atoms with Crippen LogP contribution in [-0.4, -0.2) is 11.0 Å². The molecule has 3 rings (SSSR count). The first-order valence-electron chi connectivity index (χ1n) is 7.23. The number of rotatable bonds is 6. The minimum absolute atomic E-state index is 0. The van der Waals surface area contributed by atoms with Crippen molar-refractivity contribution in [1.82, 2.24) is 4.98 Å². The van der Waals surface area contributed by atoms with Crippen LogP contribution in [0.4, 0.5) is 0 Å². The van der Waals surface area contributed by atoms with E-state index in [-0.39, 0.29) is 47.6 Å². The third-order valence-electron chi connectivity index (χ3n) is 3.36. The number of carbonyl (C=O) groups excluding carboxylic acids is 1. The predicted molar refractivity (Wildman–Crippen MR) is 85.9 cm³/mol. The molecule has 1 aromatic heterocycles. The minimum Gasteiger partial charge on any atom is -0.543 e. The Labute approximate surface area is 171 Å². The Morgan fingerprint density at radius 2 is 1.96 bits per heavy atom. The summed E-state index contributed by atoms with van der Waals surface area (Å²) in [6.07, 6.45) is 1.32. The summed E-state index contributed by atoms with van der Waals surface area (Å²) >= 11 is 6.05. The van der Waals surface area contributed by atoms with Crippen LogP contribution in [0.5, 0.6) is 5.75 Å². The molecule has 0 atom stereocenters. The van der Waals surface area contributed by atoms with Crippen molar-refractivity contribution in [2.24, 2.45) is 0 Å². The molecule has 0 bridgehead atoms. The monoisotopic (exact) mass is 365 g/mol. The van der Waals surface area contributed by atoms with Gasteiger partial charge in [-0.1, -0.05) is 41.9 Å². The van der Waals surface area contributed by atoms with Crippen LogP contribution >= 0.6 is 11.6 Å². The predicted octanol–water partition coefficient (Wildman–Crippen LogP) is -0.135. The molecule has 0 fully saturated rings. The normalized spacial score (nSPS) is 10.1. The Morgan fingerprint density at radius 1 is 1.20 bits per heavy atom. The molecule has 0 saturated heterocycles. The van der Waals surface area contributed by atoms with E-state index in [4.69, 9.17) is 20.8 Å². The first-order valence-corrected chi connectivity index (χ1v) is 7.60. The topological polar surface area (TPSA) is 75.4 Å². The van der Waals surface area contributed by atoms with Crippen molar-refractivity contribution in [1.29, 1.82) is 0 Å². The van der Waals surface area contributed by atoms with Crippen molar-refractivity contribution in [3.05, 3.63) is 82.5 Å². The van der Waals surface area contributed by atoms with Crippen molar-refractivity contribution in [2.75, 3.05) is 0 Å². The number of hydrogen-bond acceptors (Lipinski definition) is 5. The van der Waals surface area contributed by atoms with E-state index in [0.717, 1.165) is 17.4 Å². The van der Waals surface area contributed by atoms with Gasteiger partial charge in [-0.25, -0.2) is 4.98 Å². The van der Waals surface area contributed by atoms with Crippen molar-refractivity contribution in [2.45, 2.75) is 13.0 Å². The zero-order chi connectivity index (χ0) is 16.9. The van der Waals surface area contributed by atoms with Gasteiger partial charge < -0.3 is 19.1 Å². The quantitative estimate of drug-likeness (QED) is 0.569. The Balaban J connectivity index is 0.00000225. The number of halogens is 1. The molecule has 0 saturated carbocycles. The van der Waals surface area contributed by atoms with Gasteiger partial charge in [-0.05, 0) is 23.8 Å². The van der Waals surface area contributed by atoms with Crippen LogP contribution in [0.25, 0.3) is 0 Å². The van der Waals surface area contributed by atoms with Crippen LogP contribution in [0.1, 0.15) is 27.5 Å². The van der Waals surface area contributed by atoms with Gasteiger partial charge in [0.15, 0.2) is 5.89 Å². The molecule has 3 aromatic rings. The van der Waals surface area contributed by atoms with Gasteiger partial charge in [-0.15, -0.1) is 0 Å². The van der Waals surface area contributed by atoms with Crippen LogP contribution in [0.2, 0.25) is 5.02 Å². The molecule has 0 spiro atoms. The minimum atomic E-state index is -1.38. The fourth-order valence-electron chi connectivity index (χ4n) is 2.21. The van der Waals surface area contributed by atoms with Crippen LogP contribution in [-0.2, 0) is 13.0 Å². The van der Waals surface area contributed by atoms with E-state index in [0.29, 0.717) is 17.4 Å². The van der Waals surface area contributed by atoms with Gasteiger partial charge in [-0.2, -0.15) is 0 Å². The van der Waals surface area contributed by atoms with Gasteiger partial charge in [0.25, 0.3) is 0 Å². The summed E-state index contributed by atoms with van der Waals surface area (Å²) in [4.78, 5) is 14.6. The molecule has 25 heavy (non-hydrogen) atoms. The van der Waals surface area contributed by atoms with Crippen molar-refractivity contribution in [3.63, 3.8) is 0 Å².